The fraction of sp³-hybridized carbons (Fsp3) is 0.909. The van der Waals surface area contributed by atoms with Crippen LogP contribution in [0.2, 0.25) is 0 Å². The zero-order valence-electron chi connectivity index (χ0n) is 9.84. The van der Waals surface area contributed by atoms with Crippen molar-refractivity contribution >= 4 is 21.8 Å². The lowest BCUT2D eigenvalue weighted by molar-refractivity contribution is -0.135. The SMILES string of the molecule is CCOC1CC(NC(=O)C(C)Br)C1(C)C. The summed E-state index contributed by atoms with van der Waals surface area (Å²) in [5, 5.41) is 3.03. The molecular formula is C11H20BrNO2. The second-order valence-corrected chi connectivity index (χ2v) is 6.05. The number of ether oxygens (including phenoxy) is 1. The Kier molecular flexibility index (Phi) is 4.18. The lowest BCUT2D eigenvalue weighted by atomic mass is 9.64. The Morgan fingerprint density at radius 2 is 2.27 bits per heavy atom. The van der Waals surface area contributed by atoms with E-state index >= 15 is 0 Å². The lowest BCUT2D eigenvalue weighted by Gasteiger charge is -2.51. The van der Waals surface area contributed by atoms with Crippen LogP contribution < -0.4 is 5.32 Å². The molecule has 1 saturated carbocycles. The average Bonchev–Trinajstić information content (AvgIpc) is 2.16. The maximum atomic E-state index is 11.5. The molecular weight excluding hydrogens is 258 g/mol. The predicted molar refractivity (Wildman–Crippen MR) is 64.1 cm³/mol. The van der Waals surface area contributed by atoms with E-state index in [4.69, 9.17) is 4.74 Å². The zero-order valence-corrected chi connectivity index (χ0v) is 11.4. The number of hydrogen-bond donors (Lipinski definition) is 1. The Balaban J connectivity index is 2.45. The van der Waals surface area contributed by atoms with Crippen molar-refractivity contribution in [1.82, 2.24) is 5.32 Å². The molecule has 1 fully saturated rings. The third kappa shape index (κ3) is 2.72. The fourth-order valence-corrected chi connectivity index (χ4v) is 2.03. The van der Waals surface area contributed by atoms with Gasteiger partial charge in [-0.1, -0.05) is 29.8 Å². The summed E-state index contributed by atoms with van der Waals surface area (Å²) in [7, 11) is 0. The highest BCUT2D eigenvalue weighted by Gasteiger charge is 2.49. The summed E-state index contributed by atoms with van der Waals surface area (Å²) in [4.78, 5) is 11.4. The monoisotopic (exact) mass is 277 g/mol. The van der Waals surface area contributed by atoms with Gasteiger partial charge < -0.3 is 10.1 Å². The van der Waals surface area contributed by atoms with Crippen molar-refractivity contribution in [3.05, 3.63) is 0 Å². The van der Waals surface area contributed by atoms with Crippen molar-refractivity contribution in [1.29, 1.82) is 0 Å². The van der Waals surface area contributed by atoms with Crippen molar-refractivity contribution in [3.63, 3.8) is 0 Å². The summed E-state index contributed by atoms with van der Waals surface area (Å²) in [5.41, 5.74) is 0.0492. The van der Waals surface area contributed by atoms with Gasteiger partial charge in [0.1, 0.15) is 0 Å². The fourth-order valence-electron chi connectivity index (χ4n) is 1.90. The van der Waals surface area contributed by atoms with Gasteiger partial charge in [-0.3, -0.25) is 4.79 Å². The molecule has 1 aliphatic carbocycles. The highest BCUT2D eigenvalue weighted by molar-refractivity contribution is 9.10. The van der Waals surface area contributed by atoms with Crippen LogP contribution in [-0.2, 0) is 9.53 Å². The number of halogens is 1. The van der Waals surface area contributed by atoms with Gasteiger partial charge in [0.25, 0.3) is 0 Å². The smallest absolute Gasteiger partial charge is 0.233 e. The van der Waals surface area contributed by atoms with Crippen LogP contribution in [0.1, 0.15) is 34.1 Å². The summed E-state index contributed by atoms with van der Waals surface area (Å²) in [5.74, 6) is 0.0584. The Morgan fingerprint density at radius 3 is 2.67 bits per heavy atom. The molecule has 0 radical (unpaired) electrons. The minimum absolute atomic E-state index is 0.0492. The molecule has 0 aliphatic heterocycles. The quantitative estimate of drug-likeness (QED) is 0.800. The standard InChI is InChI=1S/C11H20BrNO2/c1-5-15-9-6-8(11(9,3)4)13-10(14)7(2)12/h7-9H,5-6H2,1-4H3,(H,13,14). The van der Waals surface area contributed by atoms with Crippen LogP contribution in [0.25, 0.3) is 0 Å². The van der Waals surface area contributed by atoms with E-state index in [2.05, 4.69) is 35.1 Å². The van der Waals surface area contributed by atoms with Crippen LogP contribution in [0.3, 0.4) is 0 Å². The minimum atomic E-state index is -0.126. The molecule has 3 unspecified atom stereocenters. The zero-order chi connectivity index (χ0) is 11.6. The Morgan fingerprint density at radius 1 is 1.67 bits per heavy atom. The van der Waals surface area contributed by atoms with Crippen LogP contribution in [0, 0.1) is 5.41 Å². The first kappa shape index (κ1) is 13.0. The molecule has 0 aromatic heterocycles. The summed E-state index contributed by atoms with van der Waals surface area (Å²) in [6.07, 6.45) is 1.20. The number of amides is 1. The summed E-state index contributed by atoms with van der Waals surface area (Å²) < 4.78 is 5.60. The predicted octanol–water partition coefficient (Wildman–Crippen LogP) is 2.09. The summed E-state index contributed by atoms with van der Waals surface area (Å²) in [6.45, 7) is 8.86. The maximum absolute atomic E-state index is 11.5. The number of carbonyl (C=O) groups is 1. The van der Waals surface area contributed by atoms with Gasteiger partial charge in [-0.15, -0.1) is 0 Å². The first-order valence-electron chi connectivity index (χ1n) is 5.45. The molecule has 0 heterocycles. The van der Waals surface area contributed by atoms with E-state index in [0.717, 1.165) is 13.0 Å². The Hall–Kier alpha value is -0.0900. The van der Waals surface area contributed by atoms with Crippen LogP contribution in [0.4, 0.5) is 0 Å². The number of carbonyl (C=O) groups excluding carboxylic acids is 1. The van der Waals surface area contributed by atoms with Crippen LogP contribution in [0.5, 0.6) is 0 Å². The molecule has 1 rings (SSSR count). The molecule has 1 amide bonds. The van der Waals surface area contributed by atoms with Gasteiger partial charge in [-0.05, 0) is 20.3 Å². The maximum Gasteiger partial charge on any atom is 0.233 e. The second-order valence-electron chi connectivity index (χ2n) is 4.68. The highest BCUT2D eigenvalue weighted by Crippen LogP contribution is 2.42. The van der Waals surface area contributed by atoms with E-state index in [9.17, 15) is 4.79 Å². The van der Waals surface area contributed by atoms with Crippen LogP contribution in [-0.4, -0.2) is 29.5 Å². The van der Waals surface area contributed by atoms with Crippen molar-refractivity contribution in [2.24, 2.45) is 5.41 Å². The van der Waals surface area contributed by atoms with Gasteiger partial charge in [0.05, 0.1) is 10.9 Å². The first-order valence-corrected chi connectivity index (χ1v) is 6.37. The van der Waals surface area contributed by atoms with Crippen molar-refractivity contribution < 1.29 is 9.53 Å². The molecule has 3 atom stereocenters. The third-order valence-electron chi connectivity index (χ3n) is 3.22. The minimum Gasteiger partial charge on any atom is -0.378 e. The van der Waals surface area contributed by atoms with Gasteiger partial charge in [-0.2, -0.15) is 0 Å². The number of alkyl halides is 1. The van der Waals surface area contributed by atoms with Crippen LogP contribution >= 0.6 is 15.9 Å². The molecule has 0 aromatic rings. The molecule has 4 heteroatoms. The Labute approximate surface area is 100 Å². The Bertz CT molecular complexity index is 241. The summed E-state index contributed by atoms with van der Waals surface area (Å²) >= 11 is 3.26. The van der Waals surface area contributed by atoms with Crippen molar-refractivity contribution in [2.45, 2.75) is 51.1 Å². The molecule has 1 N–H and O–H groups in total. The van der Waals surface area contributed by atoms with E-state index in [1.807, 2.05) is 13.8 Å². The number of nitrogens with one attached hydrogen (secondary N) is 1. The number of hydrogen-bond acceptors (Lipinski definition) is 2. The molecule has 1 aliphatic rings. The number of rotatable bonds is 4. The van der Waals surface area contributed by atoms with E-state index in [1.165, 1.54) is 0 Å². The van der Waals surface area contributed by atoms with Gasteiger partial charge in [0, 0.05) is 18.1 Å². The first-order chi connectivity index (χ1) is 6.89. The van der Waals surface area contributed by atoms with Crippen LogP contribution in [0.15, 0.2) is 0 Å². The van der Waals surface area contributed by atoms with Gasteiger partial charge >= 0.3 is 0 Å². The molecule has 0 saturated heterocycles. The molecule has 0 bridgehead atoms. The molecule has 15 heavy (non-hydrogen) atoms. The van der Waals surface area contributed by atoms with E-state index < -0.39 is 0 Å². The van der Waals surface area contributed by atoms with E-state index in [0.29, 0.717) is 0 Å². The second kappa shape index (κ2) is 4.83. The molecule has 88 valence electrons. The lowest BCUT2D eigenvalue weighted by Crippen LogP contribution is -2.62. The van der Waals surface area contributed by atoms with Gasteiger partial charge in [0.2, 0.25) is 5.91 Å². The normalized spacial score (nSPS) is 30.5. The molecule has 0 spiro atoms. The topological polar surface area (TPSA) is 38.3 Å². The van der Waals surface area contributed by atoms with E-state index in [1.54, 1.807) is 0 Å². The molecule has 0 aromatic carbocycles. The van der Waals surface area contributed by atoms with Gasteiger partial charge in [0.15, 0.2) is 0 Å². The summed E-state index contributed by atoms with van der Waals surface area (Å²) in [6, 6.07) is 0.238. The van der Waals surface area contributed by atoms with Crippen molar-refractivity contribution in [2.75, 3.05) is 6.61 Å². The van der Waals surface area contributed by atoms with E-state index in [-0.39, 0.29) is 28.3 Å². The largest absolute Gasteiger partial charge is 0.378 e. The van der Waals surface area contributed by atoms with Crippen molar-refractivity contribution in [3.8, 4) is 0 Å². The highest BCUT2D eigenvalue weighted by atomic mass is 79.9. The van der Waals surface area contributed by atoms with Gasteiger partial charge in [-0.25, -0.2) is 0 Å². The molecule has 3 nitrogen and oxygen atoms in total. The third-order valence-corrected chi connectivity index (χ3v) is 3.64. The average molecular weight is 278 g/mol.